The summed E-state index contributed by atoms with van der Waals surface area (Å²) in [6.07, 6.45) is 0. The van der Waals surface area contributed by atoms with E-state index in [9.17, 15) is 0 Å². The van der Waals surface area contributed by atoms with E-state index in [1.807, 2.05) is 66.7 Å². The van der Waals surface area contributed by atoms with Crippen LogP contribution in [0, 0.1) is 0 Å². The number of rotatable bonds is 6. The average molecular weight is 678 g/mol. The number of hydrogen-bond acceptors (Lipinski definition) is 4. The van der Waals surface area contributed by atoms with Crippen molar-refractivity contribution in [3.63, 3.8) is 0 Å². The molecule has 0 saturated heterocycles. The van der Waals surface area contributed by atoms with Crippen LogP contribution in [0.2, 0.25) is 0 Å². The number of para-hydroxylation sites is 2. The van der Waals surface area contributed by atoms with Gasteiger partial charge in [-0.1, -0.05) is 170 Å². The Kier molecular flexibility index (Phi) is 7.43. The predicted octanol–water partition coefficient (Wildman–Crippen LogP) is 12.9. The highest BCUT2D eigenvalue weighted by molar-refractivity contribution is 6.09. The van der Waals surface area contributed by atoms with Gasteiger partial charge in [0.05, 0.1) is 5.56 Å². The summed E-state index contributed by atoms with van der Waals surface area (Å²) in [6.45, 7) is 0. The van der Waals surface area contributed by atoms with Crippen molar-refractivity contribution in [1.82, 2.24) is 15.0 Å². The molecule has 4 nitrogen and oxygen atoms in total. The van der Waals surface area contributed by atoms with Crippen molar-refractivity contribution in [2.45, 2.75) is 0 Å². The SMILES string of the molecule is c1ccc(-c2ccc(-c3ccc(-c4ccc(-c5nc(-c6ccccc6)nc(-c6cccc7c6oc6ccccc67)n5)c5ccccc45)cc3)cc2)cc1. The van der Waals surface area contributed by atoms with Gasteiger partial charge in [0, 0.05) is 21.9 Å². The predicted molar refractivity (Wildman–Crippen MR) is 217 cm³/mol. The Morgan fingerprint density at radius 1 is 0.264 bits per heavy atom. The van der Waals surface area contributed by atoms with E-state index < -0.39 is 0 Å². The number of nitrogens with zero attached hydrogens (tertiary/aromatic N) is 3. The number of benzene rings is 8. The van der Waals surface area contributed by atoms with Gasteiger partial charge in [-0.2, -0.15) is 0 Å². The lowest BCUT2D eigenvalue weighted by Crippen LogP contribution is -2.01. The fourth-order valence-electron chi connectivity index (χ4n) is 7.33. The minimum absolute atomic E-state index is 0.569. The van der Waals surface area contributed by atoms with Crippen LogP contribution in [0.15, 0.2) is 192 Å². The van der Waals surface area contributed by atoms with Gasteiger partial charge in [-0.05, 0) is 62.4 Å². The molecule has 248 valence electrons. The molecule has 0 aliphatic heterocycles. The van der Waals surface area contributed by atoms with Gasteiger partial charge in [0.1, 0.15) is 11.2 Å². The first kappa shape index (κ1) is 30.6. The zero-order valence-corrected chi connectivity index (χ0v) is 28.6. The lowest BCUT2D eigenvalue weighted by molar-refractivity contribution is 0.669. The van der Waals surface area contributed by atoms with Gasteiger partial charge in [-0.15, -0.1) is 0 Å². The molecule has 0 atom stereocenters. The molecule has 0 radical (unpaired) electrons. The molecule has 0 N–H and O–H groups in total. The normalized spacial score (nSPS) is 11.4. The van der Waals surface area contributed by atoms with E-state index in [1.165, 1.54) is 22.3 Å². The molecular formula is C49H31N3O. The van der Waals surface area contributed by atoms with Gasteiger partial charge >= 0.3 is 0 Å². The summed E-state index contributed by atoms with van der Waals surface area (Å²) in [6, 6.07) is 65.3. The van der Waals surface area contributed by atoms with Gasteiger partial charge < -0.3 is 4.42 Å². The minimum atomic E-state index is 0.569. The Labute approximate surface area is 306 Å². The van der Waals surface area contributed by atoms with Crippen LogP contribution in [0.5, 0.6) is 0 Å². The molecule has 53 heavy (non-hydrogen) atoms. The summed E-state index contributed by atoms with van der Waals surface area (Å²) >= 11 is 0. The molecule has 0 bridgehead atoms. The number of hydrogen-bond donors (Lipinski definition) is 0. The zero-order valence-electron chi connectivity index (χ0n) is 28.6. The summed E-state index contributed by atoms with van der Waals surface area (Å²) < 4.78 is 6.42. The van der Waals surface area contributed by atoms with Gasteiger partial charge in [0.15, 0.2) is 17.5 Å². The molecule has 0 amide bonds. The molecule has 2 heterocycles. The molecule has 0 unspecified atom stereocenters. The Hall–Kier alpha value is -7.17. The number of furan rings is 1. The van der Waals surface area contributed by atoms with E-state index in [-0.39, 0.29) is 0 Å². The van der Waals surface area contributed by atoms with Crippen molar-refractivity contribution in [2.24, 2.45) is 0 Å². The van der Waals surface area contributed by atoms with E-state index in [4.69, 9.17) is 19.4 Å². The molecule has 10 aromatic rings. The molecule has 2 aromatic heterocycles. The molecule has 10 rings (SSSR count). The van der Waals surface area contributed by atoms with E-state index in [1.54, 1.807) is 0 Å². The monoisotopic (exact) mass is 677 g/mol. The van der Waals surface area contributed by atoms with Gasteiger partial charge in [0.2, 0.25) is 0 Å². The molecule has 0 spiro atoms. The topological polar surface area (TPSA) is 51.8 Å². The minimum Gasteiger partial charge on any atom is -0.455 e. The van der Waals surface area contributed by atoms with Crippen LogP contribution in [-0.4, -0.2) is 15.0 Å². The number of aromatic nitrogens is 3. The summed E-state index contributed by atoms with van der Waals surface area (Å²) in [5.41, 5.74) is 11.4. The van der Waals surface area contributed by atoms with Crippen molar-refractivity contribution >= 4 is 32.7 Å². The van der Waals surface area contributed by atoms with Gasteiger partial charge in [0.25, 0.3) is 0 Å². The summed E-state index contributed by atoms with van der Waals surface area (Å²) in [5, 5.41) is 4.31. The molecule has 0 aliphatic carbocycles. The van der Waals surface area contributed by atoms with Crippen LogP contribution in [0.25, 0.3) is 100 Å². The highest BCUT2D eigenvalue weighted by Crippen LogP contribution is 2.39. The Balaban J connectivity index is 1.07. The quantitative estimate of drug-likeness (QED) is 0.176. The van der Waals surface area contributed by atoms with Crippen molar-refractivity contribution in [3.05, 3.63) is 188 Å². The summed E-state index contributed by atoms with van der Waals surface area (Å²) in [5.74, 6) is 1.79. The Morgan fingerprint density at radius 2 is 0.717 bits per heavy atom. The second-order valence-electron chi connectivity index (χ2n) is 13.2. The standard InChI is InChI=1S/C49H31N3O/c1-3-12-32(13-4-1)33-22-24-34(25-23-33)35-26-28-36(29-27-35)38-30-31-43(40-17-8-7-16-39(38)40)48-50-47(37-14-5-2-6-15-37)51-49(52-48)44-20-11-19-42-41-18-9-10-21-45(41)53-46(42)44/h1-31H. The summed E-state index contributed by atoms with van der Waals surface area (Å²) in [4.78, 5) is 15.3. The van der Waals surface area contributed by atoms with Crippen LogP contribution in [0.4, 0.5) is 0 Å². The van der Waals surface area contributed by atoms with Crippen LogP contribution in [0.3, 0.4) is 0 Å². The molecule has 8 aromatic carbocycles. The fraction of sp³-hybridized carbons (Fsp3) is 0. The Bertz CT molecular complexity index is 2910. The third-order valence-corrected chi connectivity index (χ3v) is 10.00. The molecule has 0 saturated carbocycles. The summed E-state index contributed by atoms with van der Waals surface area (Å²) in [7, 11) is 0. The van der Waals surface area contributed by atoms with E-state index >= 15 is 0 Å². The smallest absolute Gasteiger partial charge is 0.167 e. The first-order valence-corrected chi connectivity index (χ1v) is 17.8. The average Bonchev–Trinajstić information content (AvgIpc) is 3.63. The van der Waals surface area contributed by atoms with Crippen molar-refractivity contribution < 1.29 is 4.42 Å². The van der Waals surface area contributed by atoms with Crippen LogP contribution < -0.4 is 0 Å². The first-order chi connectivity index (χ1) is 26.3. The third-order valence-electron chi connectivity index (χ3n) is 10.00. The van der Waals surface area contributed by atoms with Crippen LogP contribution >= 0.6 is 0 Å². The maximum absolute atomic E-state index is 6.42. The Morgan fingerprint density at radius 3 is 1.38 bits per heavy atom. The highest BCUT2D eigenvalue weighted by Gasteiger charge is 2.19. The van der Waals surface area contributed by atoms with Gasteiger partial charge in [-0.3, -0.25) is 0 Å². The maximum Gasteiger partial charge on any atom is 0.167 e. The van der Waals surface area contributed by atoms with E-state index in [2.05, 4.69) is 121 Å². The zero-order chi connectivity index (χ0) is 35.1. The molecule has 0 fully saturated rings. The van der Waals surface area contributed by atoms with Gasteiger partial charge in [-0.25, -0.2) is 15.0 Å². The molecule has 4 heteroatoms. The van der Waals surface area contributed by atoms with E-state index in [0.29, 0.717) is 17.5 Å². The fourth-order valence-corrected chi connectivity index (χ4v) is 7.33. The maximum atomic E-state index is 6.42. The number of fused-ring (bicyclic) bond motifs is 4. The first-order valence-electron chi connectivity index (χ1n) is 17.8. The second-order valence-corrected chi connectivity index (χ2v) is 13.2. The highest BCUT2D eigenvalue weighted by atomic mass is 16.3. The molecular weight excluding hydrogens is 647 g/mol. The molecule has 0 aliphatic rings. The third kappa shape index (κ3) is 5.54. The largest absolute Gasteiger partial charge is 0.455 e. The van der Waals surface area contributed by atoms with Crippen molar-refractivity contribution in [2.75, 3.05) is 0 Å². The lowest BCUT2D eigenvalue weighted by atomic mass is 9.93. The van der Waals surface area contributed by atoms with E-state index in [0.717, 1.165) is 60.5 Å². The lowest BCUT2D eigenvalue weighted by Gasteiger charge is -2.13. The van der Waals surface area contributed by atoms with Crippen LogP contribution in [-0.2, 0) is 0 Å². The van der Waals surface area contributed by atoms with Crippen LogP contribution in [0.1, 0.15) is 0 Å². The van der Waals surface area contributed by atoms with Crippen molar-refractivity contribution in [1.29, 1.82) is 0 Å². The second kappa shape index (κ2) is 12.9. The van der Waals surface area contributed by atoms with Crippen molar-refractivity contribution in [3.8, 4) is 67.5 Å².